The Bertz CT molecular complexity index is 520. The number of carbonyl (C=O) groups is 1. The first-order valence-electron chi connectivity index (χ1n) is 6.60. The van der Waals surface area contributed by atoms with Crippen molar-refractivity contribution in [3.05, 3.63) is 33.9 Å². The van der Waals surface area contributed by atoms with Gasteiger partial charge in [-0.3, -0.25) is 14.9 Å². The monoisotopic (exact) mass is 314 g/mol. The Morgan fingerprint density at radius 1 is 1.48 bits per heavy atom. The van der Waals surface area contributed by atoms with Gasteiger partial charge in [-0.15, -0.1) is 11.6 Å². The molecule has 1 N–H and O–H groups in total. The van der Waals surface area contributed by atoms with Gasteiger partial charge >= 0.3 is 5.69 Å². The lowest BCUT2D eigenvalue weighted by atomic mass is 10.0. The van der Waals surface area contributed by atoms with Crippen molar-refractivity contribution in [2.45, 2.75) is 26.3 Å². The highest BCUT2D eigenvalue weighted by Gasteiger charge is 2.21. The number of carbonyl (C=O) groups excluding carboxylic acids is 1. The molecule has 1 amide bonds. The fourth-order valence-corrected chi connectivity index (χ4v) is 2.15. The van der Waals surface area contributed by atoms with E-state index in [2.05, 4.69) is 5.32 Å². The maximum absolute atomic E-state index is 12.2. The smallest absolute Gasteiger partial charge is 0.311 e. The highest BCUT2D eigenvalue weighted by atomic mass is 35.5. The number of benzene rings is 1. The third-order valence-corrected chi connectivity index (χ3v) is 3.40. The molecule has 21 heavy (non-hydrogen) atoms. The van der Waals surface area contributed by atoms with E-state index < -0.39 is 4.92 Å². The molecule has 1 rings (SSSR count). The molecule has 0 aliphatic heterocycles. The van der Waals surface area contributed by atoms with E-state index in [-0.39, 0.29) is 34.9 Å². The molecular formula is C14H19ClN2O4. The average Bonchev–Trinajstić information content (AvgIpc) is 2.45. The molecule has 1 aromatic rings. The van der Waals surface area contributed by atoms with Crippen molar-refractivity contribution in [1.29, 1.82) is 0 Å². The number of nitrogens with one attached hydrogen (secondary N) is 1. The molecule has 0 bridgehead atoms. The van der Waals surface area contributed by atoms with E-state index in [0.29, 0.717) is 12.3 Å². The maximum Gasteiger partial charge on any atom is 0.311 e. The van der Waals surface area contributed by atoms with E-state index in [4.69, 9.17) is 16.3 Å². The Hall–Kier alpha value is -1.82. The largest absolute Gasteiger partial charge is 0.490 e. The Morgan fingerprint density at radius 3 is 2.62 bits per heavy atom. The fourth-order valence-electron chi connectivity index (χ4n) is 1.92. The number of amides is 1. The normalized spacial score (nSPS) is 12.0. The van der Waals surface area contributed by atoms with Crippen LogP contribution in [0.1, 0.15) is 30.6 Å². The van der Waals surface area contributed by atoms with E-state index >= 15 is 0 Å². The molecule has 1 aromatic carbocycles. The van der Waals surface area contributed by atoms with Gasteiger partial charge in [-0.2, -0.15) is 0 Å². The van der Waals surface area contributed by atoms with E-state index in [1.165, 1.54) is 25.3 Å². The molecule has 7 heteroatoms. The lowest BCUT2D eigenvalue weighted by molar-refractivity contribution is -0.385. The quantitative estimate of drug-likeness (QED) is 0.476. The number of nitrogens with zero attached hydrogens (tertiary/aromatic N) is 1. The van der Waals surface area contributed by atoms with E-state index in [9.17, 15) is 14.9 Å². The minimum Gasteiger partial charge on any atom is -0.490 e. The first kappa shape index (κ1) is 17.2. The van der Waals surface area contributed by atoms with Crippen molar-refractivity contribution in [3.63, 3.8) is 0 Å². The van der Waals surface area contributed by atoms with Crippen molar-refractivity contribution < 1.29 is 14.5 Å². The number of nitro groups is 1. The summed E-state index contributed by atoms with van der Waals surface area (Å²) in [4.78, 5) is 22.6. The van der Waals surface area contributed by atoms with E-state index in [1.807, 2.05) is 13.8 Å². The third kappa shape index (κ3) is 4.60. The third-order valence-electron chi connectivity index (χ3n) is 3.18. The van der Waals surface area contributed by atoms with Crippen LogP contribution in [0.25, 0.3) is 0 Å². The number of ether oxygens (including phenoxy) is 1. The van der Waals surface area contributed by atoms with Gasteiger partial charge in [-0.25, -0.2) is 0 Å². The van der Waals surface area contributed by atoms with Crippen LogP contribution in [0, 0.1) is 16.0 Å². The minimum atomic E-state index is -0.575. The van der Waals surface area contributed by atoms with Crippen LogP contribution in [0.3, 0.4) is 0 Å². The molecule has 0 radical (unpaired) electrons. The molecule has 1 unspecified atom stereocenters. The highest BCUT2D eigenvalue weighted by molar-refractivity contribution is 6.17. The van der Waals surface area contributed by atoms with Gasteiger partial charge in [0, 0.05) is 23.6 Å². The highest BCUT2D eigenvalue weighted by Crippen LogP contribution is 2.27. The molecule has 0 saturated heterocycles. The molecule has 0 aromatic heterocycles. The summed E-state index contributed by atoms with van der Waals surface area (Å²) in [7, 11) is 1.34. The Kier molecular flexibility index (Phi) is 6.42. The van der Waals surface area contributed by atoms with Gasteiger partial charge in [0.15, 0.2) is 5.75 Å². The molecule has 0 saturated carbocycles. The number of methoxy groups -OCH3 is 1. The summed E-state index contributed by atoms with van der Waals surface area (Å²) in [5.41, 5.74) is -0.00804. The summed E-state index contributed by atoms with van der Waals surface area (Å²) in [6.07, 6.45) is 0.642. The van der Waals surface area contributed by atoms with Gasteiger partial charge in [-0.05, 0) is 24.5 Å². The molecule has 0 spiro atoms. The second-order valence-corrected chi connectivity index (χ2v) is 5.32. The van der Waals surface area contributed by atoms with Crippen LogP contribution in [0.15, 0.2) is 18.2 Å². The number of hydrogen-bond donors (Lipinski definition) is 1. The molecule has 116 valence electrons. The fraction of sp³-hybridized carbons (Fsp3) is 0.500. The lowest BCUT2D eigenvalue weighted by Gasteiger charge is -2.21. The summed E-state index contributed by atoms with van der Waals surface area (Å²) < 4.78 is 4.91. The van der Waals surface area contributed by atoms with Crippen LogP contribution < -0.4 is 10.1 Å². The summed E-state index contributed by atoms with van der Waals surface area (Å²) in [6, 6.07) is 4.06. The van der Waals surface area contributed by atoms with Gasteiger partial charge in [0.2, 0.25) is 0 Å². The predicted octanol–water partition coefficient (Wildman–Crippen LogP) is 2.99. The molecule has 6 nitrogen and oxygen atoms in total. The second-order valence-electron chi connectivity index (χ2n) is 4.95. The van der Waals surface area contributed by atoms with Crippen LogP contribution in [-0.4, -0.2) is 29.9 Å². The molecule has 0 aliphatic rings. The number of rotatable bonds is 7. The predicted molar refractivity (Wildman–Crippen MR) is 81.1 cm³/mol. The summed E-state index contributed by atoms with van der Waals surface area (Å²) >= 11 is 5.72. The molecular weight excluding hydrogens is 296 g/mol. The zero-order valence-corrected chi connectivity index (χ0v) is 13.0. The van der Waals surface area contributed by atoms with Crippen LogP contribution in [-0.2, 0) is 0 Å². The second kappa shape index (κ2) is 7.83. The van der Waals surface area contributed by atoms with Crippen molar-refractivity contribution in [1.82, 2.24) is 5.32 Å². The van der Waals surface area contributed by atoms with E-state index in [0.717, 1.165) is 0 Å². The van der Waals surface area contributed by atoms with Gasteiger partial charge in [-0.1, -0.05) is 13.8 Å². The number of nitro benzene ring substituents is 1. The zero-order valence-electron chi connectivity index (χ0n) is 12.3. The zero-order chi connectivity index (χ0) is 16.0. The van der Waals surface area contributed by atoms with Crippen LogP contribution in [0.5, 0.6) is 5.75 Å². The number of alkyl halides is 1. The molecule has 1 atom stereocenters. The van der Waals surface area contributed by atoms with Crippen molar-refractivity contribution >= 4 is 23.2 Å². The summed E-state index contributed by atoms with van der Waals surface area (Å²) in [6.45, 7) is 3.96. The van der Waals surface area contributed by atoms with Crippen molar-refractivity contribution in [2.75, 3.05) is 13.0 Å². The van der Waals surface area contributed by atoms with Crippen LogP contribution >= 0.6 is 11.6 Å². The van der Waals surface area contributed by atoms with Crippen molar-refractivity contribution in [2.24, 2.45) is 5.92 Å². The van der Waals surface area contributed by atoms with Gasteiger partial charge in [0.05, 0.1) is 12.0 Å². The van der Waals surface area contributed by atoms with Gasteiger partial charge in [0.1, 0.15) is 0 Å². The molecule has 0 fully saturated rings. The topological polar surface area (TPSA) is 81.5 Å². The van der Waals surface area contributed by atoms with Crippen LogP contribution in [0.2, 0.25) is 0 Å². The van der Waals surface area contributed by atoms with Gasteiger partial charge in [0.25, 0.3) is 5.91 Å². The molecule has 0 aliphatic carbocycles. The Labute approximate surface area is 128 Å². The summed E-state index contributed by atoms with van der Waals surface area (Å²) in [5, 5.41) is 13.8. The number of halogens is 1. The number of hydrogen-bond acceptors (Lipinski definition) is 4. The first-order valence-corrected chi connectivity index (χ1v) is 7.13. The first-order chi connectivity index (χ1) is 9.90. The van der Waals surface area contributed by atoms with Gasteiger partial charge < -0.3 is 10.1 Å². The van der Waals surface area contributed by atoms with Crippen LogP contribution in [0.4, 0.5) is 5.69 Å². The lowest BCUT2D eigenvalue weighted by Crippen LogP contribution is -2.38. The standard InChI is InChI=1S/C14H19ClN2O4/c1-9(2)11(6-7-15)16-14(18)10-4-5-13(21-3)12(8-10)17(19)20/h4-5,8-9,11H,6-7H2,1-3H3,(H,16,18). The Morgan fingerprint density at radius 2 is 2.14 bits per heavy atom. The van der Waals surface area contributed by atoms with E-state index in [1.54, 1.807) is 0 Å². The SMILES string of the molecule is COc1ccc(C(=O)NC(CCCl)C(C)C)cc1[N+](=O)[O-]. The maximum atomic E-state index is 12.2. The summed E-state index contributed by atoms with van der Waals surface area (Å²) in [5.74, 6) is 0.425. The average molecular weight is 315 g/mol. The molecule has 0 heterocycles. The van der Waals surface area contributed by atoms with Crippen molar-refractivity contribution in [3.8, 4) is 5.75 Å². The minimum absolute atomic E-state index is 0.0730. The Balaban J connectivity index is 2.97.